The molecule has 1 atom stereocenters. The molecule has 0 amide bonds. The molecule has 0 bridgehead atoms. The van der Waals surface area contributed by atoms with E-state index < -0.39 is 0 Å². The Morgan fingerprint density at radius 3 is 2.79 bits per heavy atom. The average Bonchev–Trinajstić information content (AvgIpc) is 2.45. The standard InChI is InChI=1S/C11H20N6O2/c1-8(18-2)7-13-10-14-9(12)15-11(16-10)17-3-5-19-6-4-17/h8H,3-7H2,1-2H3,(H3,12,13,14,15,16). The van der Waals surface area contributed by atoms with Gasteiger partial charge in [0.2, 0.25) is 17.8 Å². The lowest BCUT2D eigenvalue weighted by atomic mass is 10.4. The van der Waals surface area contributed by atoms with Gasteiger partial charge in [-0.2, -0.15) is 15.0 Å². The monoisotopic (exact) mass is 268 g/mol. The molecule has 1 aliphatic heterocycles. The summed E-state index contributed by atoms with van der Waals surface area (Å²) < 4.78 is 10.5. The van der Waals surface area contributed by atoms with Gasteiger partial charge in [0, 0.05) is 26.7 Å². The molecule has 1 unspecified atom stereocenters. The lowest BCUT2D eigenvalue weighted by Crippen LogP contribution is -2.37. The van der Waals surface area contributed by atoms with Crippen LogP contribution in [0.5, 0.6) is 0 Å². The Hall–Kier alpha value is -1.67. The van der Waals surface area contributed by atoms with E-state index in [4.69, 9.17) is 15.2 Å². The minimum absolute atomic E-state index is 0.0739. The summed E-state index contributed by atoms with van der Waals surface area (Å²) in [5, 5.41) is 3.09. The van der Waals surface area contributed by atoms with Gasteiger partial charge in [0.1, 0.15) is 0 Å². The van der Waals surface area contributed by atoms with Crippen molar-refractivity contribution in [3.05, 3.63) is 0 Å². The van der Waals surface area contributed by atoms with Crippen LogP contribution < -0.4 is 16.0 Å². The number of aromatic nitrogens is 3. The number of hydrogen-bond acceptors (Lipinski definition) is 8. The van der Waals surface area contributed by atoms with Crippen molar-refractivity contribution in [3.8, 4) is 0 Å². The van der Waals surface area contributed by atoms with Crippen LogP contribution in [0.4, 0.5) is 17.8 Å². The topological polar surface area (TPSA) is 98.4 Å². The molecule has 106 valence electrons. The van der Waals surface area contributed by atoms with Gasteiger partial charge in [-0.3, -0.25) is 0 Å². The summed E-state index contributed by atoms with van der Waals surface area (Å²) in [5.41, 5.74) is 5.71. The summed E-state index contributed by atoms with van der Waals surface area (Å²) in [5.74, 6) is 1.27. The lowest BCUT2D eigenvalue weighted by Gasteiger charge is -2.26. The van der Waals surface area contributed by atoms with Crippen molar-refractivity contribution < 1.29 is 9.47 Å². The lowest BCUT2D eigenvalue weighted by molar-refractivity contribution is 0.122. The Morgan fingerprint density at radius 2 is 2.11 bits per heavy atom. The SMILES string of the molecule is COC(C)CNc1nc(N)nc(N2CCOCC2)n1. The van der Waals surface area contributed by atoms with Gasteiger partial charge in [-0.1, -0.05) is 0 Å². The molecule has 0 aliphatic carbocycles. The quantitative estimate of drug-likeness (QED) is 0.753. The number of nitrogen functional groups attached to an aromatic ring is 1. The first kappa shape index (κ1) is 13.8. The molecule has 2 heterocycles. The molecule has 2 rings (SSSR count). The first-order valence-electron chi connectivity index (χ1n) is 6.30. The molecule has 1 aliphatic rings. The van der Waals surface area contributed by atoms with Crippen LogP contribution in [-0.2, 0) is 9.47 Å². The fourth-order valence-corrected chi connectivity index (χ4v) is 1.68. The van der Waals surface area contributed by atoms with Crippen LogP contribution in [-0.4, -0.2) is 61.0 Å². The van der Waals surface area contributed by atoms with Crippen LogP contribution in [0.3, 0.4) is 0 Å². The number of nitrogens with zero attached hydrogens (tertiary/aromatic N) is 4. The number of nitrogens with two attached hydrogens (primary N) is 1. The second-order valence-electron chi connectivity index (χ2n) is 4.34. The van der Waals surface area contributed by atoms with Crippen molar-refractivity contribution in [1.29, 1.82) is 0 Å². The molecule has 0 radical (unpaired) electrons. The molecule has 8 heteroatoms. The normalized spacial score (nSPS) is 17.3. The summed E-state index contributed by atoms with van der Waals surface area (Å²) in [6.07, 6.45) is 0.0739. The van der Waals surface area contributed by atoms with E-state index in [-0.39, 0.29) is 12.1 Å². The number of nitrogens with one attached hydrogen (secondary N) is 1. The van der Waals surface area contributed by atoms with E-state index in [1.54, 1.807) is 7.11 Å². The van der Waals surface area contributed by atoms with Gasteiger partial charge >= 0.3 is 0 Å². The second-order valence-corrected chi connectivity index (χ2v) is 4.34. The highest BCUT2D eigenvalue weighted by Crippen LogP contribution is 2.13. The summed E-state index contributed by atoms with van der Waals surface area (Å²) in [4.78, 5) is 14.6. The summed E-state index contributed by atoms with van der Waals surface area (Å²) in [6.45, 7) is 5.45. The van der Waals surface area contributed by atoms with E-state index in [0.29, 0.717) is 31.7 Å². The second kappa shape index (κ2) is 6.48. The van der Waals surface area contributed by atoms with Gasteiger partial charge in [-0.05, 0) is 6.92 Å². The molecule has 0 spiro atoms. The number of anilines is 3. The van der Waals surface area contributed by atoms with E-state index >= 15 is 0 Å². The highest BCUT2D eigenvalue weighted by atomic mass is 16.5. The fourth-order valence-electron chi connectivity index (χ4n) is 1.68. The summed E-state index contributed by atoms with van der Waals surface area (Å²) >= 11 is 0. The fraction of sp³-hybridized carbons (Fsp3) is 0.727. The van der Waals surface area contributed by atoms with Crippen molar-refractivity contribution >= 4 is 17.8 Å². The highest BCUT2D eigenvalue weighted by Gasteiger charge is 2.15. The zero-order valence-corrected chi connectivity index (χ0v) is 11.3. The van der Waals surface area contributed by atoms with Crippen LogP contribution in [0, 0.1) is 0 Å². The van der Waals surface area contributed by atoms with E-state index in [9.17, 15) is 0 Å². The number of morpholine rings is 1. The number of ether oxygens (including phenoxy) is 2. The first-order chi connectivity index (χ1) is 9.19. The third kappa shape index (κ3) is 3.90. The van der Waals surface area contributed by atoms with Crippen molar-refractivity contribution in [2.24, 2.45) is 0 Å². The van der Waals surface area contributed by atoms with Crippen molar-refractivity contribution in [2.45, 2.75) is 13.0 Å². The van der Waals surface area contributed by atoms with E-state index in [0.717, 1.165) is 13.1 Å². The molecule has 3 N–H and O–H groups in total. The van der Waals surface area contributed by atoms with Crippen LogP contribution in [0.2, 0.25) is 0 Å². The van der Waals surface area contributed by atoms with Crippen LogP contribution in [0.25, 0.3) is 0 Å². The van der Waals surface area contributed by atoms with Crippen LogP contribution >= 0.6 is 0 Å². The largest absolute Gasteiger partial charge is 0.380 e. The Bertz CT molecular complexity index is 410. The molecule has 19 heavy (non-hydrogen) atoms. The first-order valence-corrected chi connectivity index (χ1v) is 6.30. The van der Waals surface area contributed by atoms with Gasteiger partial charge in [0.05, 0.1) is 19.3 Å². The Morgan fingerprint density at radius 1 is 1.37 bits per heavy atom. The van der Waals surface area contributed by atoms with Crippen molar-refractivity contribution in [2.75, 3.05) is 55.9 Å². The van der Waals surface area contributed by atoms with Crippen molar-refractivity contribution in [3.63, 3.8) is 0 Å². The zero-order chi connectivity index (χ0) is 13.7. The maximum absolute atomic E-state index is 5.71. The molecule has 1 aromatic heterocycles. The zero-order valence-electron chi connectivity index (χ0n) is 11.3. The molecule has 1 aromatic rings. The Labute approximate surface area is 112 Å². The van der Waals surface area contributed by atoms with E-state index in [2.05, 4.69) is 20.3 Å². The number of hydrogen-bond donors (Lipinski definition) is 2. The Balaban J connectivity index is 2.05. The molecule has 1 fully saturated rings. The minimum atomic E-state index is 0.0739. The third-order valence-electron chi connectivity index (χ3n) is 2.88. The molecular formula is C11H20N6O2. The van der Waals surface area contributed by atoms with Gasteiger partial charge < -0.3 is 25.4 Å². The Kier molecular flexibility index (Phi) is 4.69. The maximum Gasteiger partial charge on any atom is 0.232 e. The smallest absolute Gasteiger partial charge is 0.232 e. The highest BCUT2D eigenvalue weighted by molar-refractivity contribution is 5.42. The third-order valence-corrected chi connectivity index (χ3v) is 2.88. The minimum Gasteiger partial charge on any atom is -0.380 e. The van der Waals surface area contributed by atoms with Gasteiger partial charge in [-0.25, -0.2) is 0 Å². The number of methoxy groups -OCH3 is 1. The van der Waals surface area contributed by atoms with Gasteiger partial charge in [-0.15, -0.1) is 0 Å². The summed E-state index contributed by atoms with van der Waals surface area (Å²) in [7, 11) is 1.66. The molecule has 0 aromatic carbocycles. The predicted molar refractivity (Wildman–Crippen MR) is 72.2 cm³/mol. The van der Waals surface area contributed by atoms with E-state index in [1.165, 1.54) is 0 Å². The van der Waals surface area contributed by atoms with Crippen LogP contribution in [0.1, 0.15) is 6.92 Å². The molecule has 8 nitrogen and oxygen atoms in total. The van der Waals surface area contributed by atoms with E-state index in [1.807, 2.05) is 11.8 Å². The number of rotatable bonds is 5. The molecule has 0 saturated carbocycles. The average molecular weight is 268 g/mol. The maximum atomic E-state index is 5.71. The molecule has 1 saturated heterocycles. The van der Waals surface area contributed by atoms with Crippen LogP contribution in [0.15, 0.2) is 0 Å². The predicted octanol–water partition coefficient (Wildman–Crippen LogP) is -0.263. The van der Waals surface area contributed by atoms with Gasteiger partial charge in [0.15, 0.2) is 0 Å². The van der Waals surface area contributed by atoms with Crippen molar-refractivity contribution in [1.82, 2.24) is 15.0 Å². The summed E-state index contributed by atoms with van der Waals surface area (Å²) in [6, 6.07) is 0. The molecular weight excluding hydrogens is 248 g/mol. The van der Waals surface area contributed by atoms with Gasteiger partial charge in [0.25, 0.3) is 0 Å².